The third kappa shape index (κ3) is 2.55. The van der Waals surface area contributed by atoms with Gasteiger partial charge in [0.15, 0.2) is 0 Å². The zero-order chi connectivity index (χ0) is 10.6. The van der Waals surface area contributed by atoms with Crippen LogP contribution in [0.25, 0.3) is 0 Å². The molecule has 0 heterocycles. The van der Waals surface area contributed by atoms with Crippen molar-refractivity contribution in [3.63, 3.8) is 0 Å². The van der Waals surface area contributed by atoms with Gasteiger partial charge in [0, 0.05) is 11.8 Å². The Labute approximate surface area is 81.5 Å². The average molecular weight is 196 g/mol. The van der Waals surface area contributed by atoms with E-state index in [1.807, 2.05) is 0 Å². The Kier molecular flexibility index (Phi) is 3.17. The molecule has 0 atom stereocenters. The van der Waals surface area contributed by atoms with Crippen molar-refractivity contribution in [2.24, 2.45) is 0 Å². The van der Waals surface area contributed by atoms with Gasteiger partial charge in [-0.1, -0.05) is 0 Å². The van der Waals surface area contributed by atoms with Gasteiger partial charge in [0.05, 0.1) is 12.3 Å². The van der Waals surface area contributed by atoms with Crippen LogP contribution in [-0.4, -0.2) is 17.8 Å². The SMILES string of the molecule is CCOC(=O)Nc1ccc(N)cc1O. The fourth-order valence-electron chi connectivity index (χ4n) is 0.932. The summed E-state index contributed by atoms with van der Waals surface area (Å²) in [5, 5.41) is 11.7. The minimum Gasteiger partial charge on any atom is -0.506 e. The molecule has 0 saturated heterocycles. The maximum absolute atomic E-state index is 11.0. The predicted molar refractivity (Wildman–Crippen MR) is 53.2 cm³/mol. The number of hydrogen-bond acceptors (Lipinski definition) is 4. The van der Waals surface area contributed by atoms with Crippen molar-refractivity contribution in [1.29, 1.82) is 0 Å². The maximum Gasteiger partial charge on any atom is 0.411 e. The van der Waals surface area contributed by atoms with Gasteiger partial charge in [-0.05, 0) is 19.1 Å². The Morgan fingerprint density at radius 3 is 2.93 bits per heavy atom. The summed E-state index contributed by atoms with van der Waals surface area (Å²) in [6.07, 6.45) is -0.604. The van der Waals surface area contributed by atoms with Crippen LogP contribution in [0.2, 0.25) is 0 Å². The van der Waals surface area contributed by atoms with E-state index in [1.165, 1.54) is 12.1 Å². The second-order valence-corrected chi connectivity index (χ2v) is 2.62. The van der Waals surface area contributed by atoms with Crippen LogP contribution in [-0.2, 0) is 4.74 Å². The lowest BCUT2D eigenvalue weighted by Gasteiger charge is -2.07. The van der Waals surface area contributed by atoms with Crippen molar-refractivity contribution in [2.75, 3.05) is 17.7 Å². The molecule has 5 nitrogen and oxygen atoms in total. The lowest BCUT2D eigenvalue weighted by Crippen LogP contribution is -2.13. The molecule has 76 valence electrons. The summed E-state index contributed by atoms with van der Waals surface area (Å²) in [6.45, 7) is 1.98. The van der Waals surface area contributed by atoms with Crippen LogP contribution in [0.5, 0.6) is 5.75 Å². The summed E-state index contributed by atoms with van der Waals surface area (Å²) in [6, 6.07) is 4.42. The molecule has 0 unspecified atom stereocenters. The Balaban J connectivity index is 2.72. The maximum atomic E-state index is 11.0. The average Bonchev–Trinajstić information content (AvgIpc) is 2.10. The minimum atomic E-state index is -0.604. The van der Waals surface area contributed by atoms with Gasteiger partial charge in [0.1, 0.15) is 5.75 Å². The molecule has 1 rings (SSSR count). The molecular formula is C9H12N2O3. The molecule has 0 spiro atoms. The third-order valence-corrected chi connectivity index (χ3v) is 1.53. The van der Waals surface area contributed by atoms with E-state index in [0.717, 1.165) is 0 Å². The summed E-state index contributed by atoms with van der Waals surface area (Å²) in [5.41, 5.74) is 6.12. The Morgan fingerprint density at radius 2 is 2.36 bits per heavy atom. The molecule has 0 saturated carbocycles. The molecule has 14 heavy (non-hydrogen) atoms. The predicted octanol–water partition coefficient (Wildman–Crippen LogP) is 1.54. The van der Waals surface area contributed by atoms with E-state index in [1.54, 1.807) is 13.0 Å². The van der Waals surface area contributed by atoms with Crippen molar-refractivity contribution in [1.82, 2.24) is 0 Å². The first kappa shape index (κ1) is 10.2. The number of rotatable bonds is 2. The molecule has 1 aromatic carbocycles. The topological polar surface area (TPSA) is 84.6 Å². The number of phenolic OH excluding ortho intramolecular Hbond substituents is 1. The number of amides is 1. The highest BCUT2D eigenvalue weighted by Crippen LogP contribution is 2.25. The first-order valence-electron chi connectivity index (χ1n) is 4.15. The summed E-state index contributed by atoms with van der Waals surface area (Å²) in [7, 11) is 0. The van der Waals surface area contributed by atoms with Crippen molar-refractivity contribution >= 4 is 17.5 Å². The van der Waals surface area contributed by atoms with Crippen LogP contribution in [0.15, 0.2) is 18.2 Å². The number of nitrogens with two attached hydrogens (primary N) is 1. The molecule has 4 N–H and O–H groups in total. The molecule has 0 radical (unpaired) electrons. The quantitative estimate of drug-likeness (QED) is 0.494. The van der Waals surface area contributed by atoms with E-state index in [0.29, 0.717) is 5.69 Å². The molecule has 0 aliphatic rings. The monoisotopic (exact) mass is 196 g/mol. The van der Waals surface area contributed by atoms with Gasteiger partial charge in [0.2, 0.25) is 0 Å². The minimum absolute atomic E-state index is 0.0851. The first-order chi connectivity index (χ1) is 6.63. The van der Waals surface area contributed by atoms with E-state index in [2.05, 4.69) is 10.1 Å². The number of nitrogens with one attached hydrogen (secondary N) is 1. The van der Waals surface area contributed by atoms with E-state index in [-0.39, 0.29) is 18.0 Å². The van der Waals surface area contributed by atoms with Gasteiger partial charge in [-0.15, -0.1) is 0 Å². The van der Waals surface area contributed by atoms with Gasteiger partial charge in [-0.3, -0.25) is 5.32 Å². The summed E-state index contributed by atoms with van der Waals surface area (Å²) < 4.78 is 4.64. The van der Waals surface area contributed by atoms with Crippen LogP contribution in [0.4, 0.5) is 16.2 Å². The van der Waals surface area contributed by atoms with Gasteiger partial charge in [0.25, 0.3) is 0 Å². The number of nitrogen functional groups attached to an aromatic ring is 1. The number of aromatic hydroxyl groups is 1. The van der Waals surface area contributed by atoms with Crippen molar-refractivity contribution in [3.8, 4) is 5.75 Å². The molecule has 5 heteroatoms. The first-order valence-corrected chi connectivity index (χ1v) is 4.15. The number of ether oxygens (including phenoxy) is 1. The Morgan fingerprint density at radius 1 is 1.64 bits per heavy atom. The van der Waals surface area contributed by atoms with Gasteiger partial charge in [-0.2, -0.15) is 0 Å². The van der Waals surface area contributed by atoms with Crippen molar-refractivity contribution < 1.29 is 14.6 Å². The highest BCUT2D eigenvalue weighted by Gasteiger charge is 2.05. The lowest BCUT2D eigenvalue weighted by molar-refractivity contribution is 0.168. The zero-order valence-electron chi connectivity index (χ0n) is 7.78. The van der Waals surface area contributed by atoms with E-state index >= 15 is 0 Å². The molecule has 1 aromatic rings. The fraction of sp³-hybridized carbons (Fsp3) is 0.222. The molecule has 0 aromatic heterocycles. The lowest BCUT2D eigenvalue weighted by atomic mass is 10.2. The molecule has 1 amide bonds. The summed E-state index contributed by atoms with van der Waals surface area (Å²) >= 11 is 0. The normalized spacial score (nSPS) is 9.50. The molecule has 0 aliphatic carbocycles. The molecule has 0 aliphatic heterocycles. The molecular weight excluding hydrogens is 184 g/mol. The van der Waals surface area contributed by atoms with Crippen LogP contribution < -0.4 is 11.1 Å². The number of hydrogen-bond donors (Lipinski definition) is 3. The van der Waals surface area contributed by atoms with Gasteiger partial charge >= 0.3 is 6.09 Å². The number of carbonyl (C=O) groups is 1. The number of phenols is 1. The summed E-state index contributed by atoms with van der Waals surface area (Å²) in [5.74, 6) is -0.0851. The molecule has 0 bridgehead atoms. The molecule has 0 fully saturated rings. The van der Waals surface area contributed by atoms with Crippen LogP contribution in [0, 0.1) is 0 Å². The number of anilines is 2. The van der Waals surface area contributed by atoms with Gasteiger partial charge in [-0.25, -0.2) is 4.79 Å². The number of carbonyl (C=O) groups excluding carboxylic acids is 1. The second-order valence-electron chi connectivity index (χ2n) is 2.62. The van der Waals surface area contributed by atoms with Crippen LogP contribution in [0.1, 0.15) is 6.92 Å². The number of benzene rings is 1. The van der Waals surface area contributed by atoms with E-state index in [9.17, 15) is 9.90 Å². The van der Waals surface area contributed by atoms with Gasteiger partial charge < -0.3 is 15.6 Å². The van der Waals surface area contributed by atoms with Crippen molar-refractivity contribution in [2.45, 2.75) is 6.92 Å². The Hall–Kier alpha value is -1.91. The zero-order valence-corrected chi connectivity index (χ0v) is 7.78. The Bertz CT molecular complexity index is 339. The van der Waals surface area contributed by atoms with Crippen molar-refractivity contribution in [3.05, 3.63) is 18.2 Å². The largest absolute Gasteiger partial charge is 0.506 e. The second kappa shape index (κ2) is 4.36. The van der Waals surface area contributed by atoms with E-state index < -0.39 is 6.09 Å². The standard InChI is InChI=1S/C9H12N2O3/c1-2-14-9(13)11-7-4-3-6(10)5-8(7)12/h3-5,12H,2,10H2,1H3,(H,11,13). The highest BCUT2D eigenvalue weighted by molar-refractivity contribution is 5.87. The summed E-state index contributed by atoms with van der Waals surface area (Å²) in [4.78, 5) is 11.0. The van der Waals surface area contributed by atoms with E-state index in [4.69, 9.17) is 5.73 Å². The van der Waals surface area contributed by atoms with Crippen LogP contribution in [0.3, 0.4) is 0 Å². The van der Waals surface area contributed by atoms with Crippen LogP contribution >= 0.6 is 0 Å². The smallest absolute Gasteiger partial charge is 0.411 e. The third-order valence-electron chi connectivity index (χ3n) is 1.53. The highest BCUT2D eigenvalue weighted by atomic mass is 16.5. The fourth-order valence-corrected chi connectivity index (χ4v) is 0.932.